The van der Waals surface area contributed by atoms with E-state index in [2.05, 4.69) is 24.3 Å². The van der Waals surface area contributed by atoms with Gasteiger partial charge in [-0.1, -0.05) is 13.8 Å². The lowest BCUT2D eigenvalue weighted by atomic mass is 10.1. The molecule has 0 saturated carbocycles. The van der Waals surface area contributed by atoms with Gasteiger partial charge in [-0.2, -0.15) is 5.10 Å². The quantitative estimate of drug-likeness (QED) is 0.806. The summed E-state index contributed by atoms with van der Waals surface area (Å²) in [5.74, 6) is 0.801. The van der Waals surface area contributed by atoms with Crippen molar-refractivity contribution in [3.63, 3.8) is 0 Å². The molecule has 1 amide bonds. The van der Waals surface area contributed by atoms with Gasteiger partial charge < -0.3 is 11.1 Å². The fraction of sp³-hybridized carbons (Fsp3) is 0.636. The highest BCUT2D eigenvalue weighted by atomic mass is 16.1. The van der Waals surface area contributed by atoms with Crippen LogP contribution in [0, 0.1) is 5.92 Å². The summed E-state index contributed by atoms with van der Waals surface area (Å²) in [6, 6.07) is 0.145. The molecule has 0 radical (unpaired) electrons. The normalized spacial score (nSPS) is 12.8. The number of aromatic nitrogens is 2. The molecule has 0 fully saturated rings. The number of nitrogens with one attached hydrogen (secondary N) is 1. The number of nitrogens with two attached hydrogens (primary N) is 1. The van der Waals surface area contributed by atoms with Crippen LogP contribution < -0.4 is 11.1 Å². The molecule has 0 aliphatic carbocycles. The van der Waals surface area contributed by atoms with E-state index in [9.17, 15) is 4.79 Å². The van der Waals surface area contributed by atoms with Gasteiger partial charge in [0.25, 0.3) is 5.91 Å². The Morgan fingerprint density at radius 3 is 2.62 bits per heavy atom. The summed E-state index contributed by atoms with van der Waals surface area (Å²) in [5, 5.41) is 6.85. The summed E-state index contributed by atoms with van der Waals surface area (Å²) in [5.41, 5.74) is 6.16. The zero-order valence-electron chi connectivity index (χ0n) is 10.3. The van der Waals surface area contributed by atoms with Crippen LogP contribution >= 0.6 is 0 Å². The van der Waals surface area contributed by atoms with E-state index in [0.29, 0.717) is 17.3 Å². The van der Waals surface area contributed by atoms with Gasteiger partial charge in [0.05, 0.1) is 6.20 Å². The van der Waals surface area contributed by atoms with Crippen molar-refractivity contribution in [3.8, 4) is 0 Å². The van der Waals surface area contributed by atoms with Crippen LogP contribution in [0.2, 0.25) is 0 Å². The number of amides is 1. The molecule has 1 unspecified atom stereocenters. The fourth-order valence-electron chi connectivity index (χ4n) is 1.69. The van der Waals surface area contributed by atoms with Crippen molar-refractivity contribution in [2.24, 2.45) is 13.0 Å². The highest BCUT2D eigenvalue weighted by Crippen LogP contribution is 2.10. The molecule has 1 heterocycles. The summed E-state index contributed by atoms with van der Waals surface area (Å²) in [6.45, 7) is 6.24. The minimum atomic E-state index is -0.154. The van der Waals surface area contributed by atoms with Crippen molar-refractivity contribution in [1.29, 1.82) is 0 Å². The first-order chi connectivity index (χ1) is 7.41. The lowest BCUT2D eigenvalue weighted by Crippen LogP contribution is -2.33. The van der Waals surface area contributed by atoms with Gasteiger partial charge >= 0.3 is 0 Å². The number of rotatable bonds is 4. The fourth-order valence-corrected chi connectivity index (χ4v) is 1.69. The smallest absolute Gasteiger partial charge is 0.256 e. The van der Waals surface area contributed by atoms with Crippen molar-refractivity contribution < 1.29 is 4.79 Å². The summed E-state index contributed by atoms with van der Waals surface area (Å²) >= 11 is 0. The second-order valence-electron chi connectivity index (χ2n) is 4.57. The van der Waals surface area contributed by atoms with E-state index >= 15 is 0 Å². The summed E-state index contributed by atoms with van der Waals surface area (Å²) in [7, 11) is 1.71. The van der Waals surface area contributed by atoms with Gasteiger partial charge in [-0.3, -0.25) is 9.48 Å². The van der Waals surface area contributed by atoms with Crippen molar-refractivity contribution >= 4 is 11.7 Å². The number of carbonyl (C=O) groups excluding carboxylic acids is 1. The third-order valence-electron chi connectivity index (χ3n) is 2.43. The lowest BCUT2D eigenvalue weighted by Gasteiger charge is -2.15. The molecule has 0 aliphatic heterocycles. The zero-order valence-corrected chi connectivity index (χ0v) is 10.3. The Balaban J connectivity index is 2.62. The Morgan fingerprint density at radius 1 is 1.56 bits per heavy atom. The number of carbonyl (C=O) groups is 1. The maximum absolute atomic E-state index is 11.8. The van der Waals surface area contributed by atoms with Crippen LogP contribution in [0.5, 0.6) is 0 Å². The third kappa shape index (κ3) is 2.98. The van der Waals surface area contributed by atoms with Crippen molar-refractivity contribution in [2.45, 2.75) is 33.2 Å². The van der Waals surface area contributed by atoms with Gasteiger partial charge in [0.15, 0.2) is 0 Å². The summed E-state index contributed by atoms with van der Waals surface area (Å²) in [6.07, 6.45) is 2.44. The molecule has 1 aromatic rings. The van der Waals surface area contributed by atoms with Gasteiger partial charge in [-0.05, 0) is 19.3 Å². The Bertz CT molecular complexity index is 370. The number of anilines is 1. The van der Waals surface area contributed by atoms with E-state index < -0.39 is 0 Å². The van der Waals surface area contributed by atoms with Gasteiger partial charge in [0.2, 0.25) is 0 Å². The van der Waals surface area contributed by atoms with E-state index in [1.54, 1.807) is 7.05 Å². The Labute approximate surface area is 96.0 Å². The molecule has 1 atom stereocenters. The molecule has 0 aromatic carbocycles. The minimum absolute atomic E-state index is 0.145. The SMILES string of the molecule is CC(C)CC(C)NC(=O)c1cnn(C)c1N. The molecule has 0 spiro atoms. The highest BCUT2D eigenvalue weighted by Gasteiger charge is 2.16. The van der Waals surface area contributed by atoms with Crippen LogP contribution in [0.1, 0.15) is 37.6 Å². The van der Waals surface area contributed by atoms with Crippen LogP contribution in [0.15, 0.2) is 6.20 Å². The van der Waals surface area contributed by atoms with Crippen molar-refractivity contribution in [1.82, 2.24) is 15.1 Å². The number of hydrogen-bond acceptors (Lipinski definition) is 3. The van der Waals surface area contributed by atoms with E-state index in [1.165, 1.54) is 10.9 Å². The lowest BCUT2D eigenvalue weighted by molar-refractivity contribution is 0.0937. The average molecular weight is 224 g/mol. The predicted octanol–water partition coefficient (Wildman–Crippen LogP) is 1.17. The number of hydrogen-bond donors (Lipinski definition) is 2. The molecule has 90 valence electrons. The maximum Gasteiger partial charge on any atom is 0.256 e. The van der Waals surface area contributed by atoms with E-state index in [4.69, 9.17) is 5.73 Å². The Hall–Kier alpha value is -1.52. The summed E-state index contributed by atoms with van der Waals surface area (Å²) in [4.78, 5) is 11.8. The van der Waals surface area contributed by atoms with Gasteiger partial charge in [-0.25, -0.2) is 0 Å². The molecule has 5 heteroatoms. The number of aryl methyl sites for hydroxylation is 1. The standard InChI is InChI=1S/C11H20N4O/c1-7(2)5-8(3)14-11(16)9-6-13-15(4)10(9)12/h6-8H,5,12H2,1-4H3,(H,14,16). The Kier molecular flexibility index (Phi) is 3.93. The van der Waals surface area contributed by atoms with Gasteiger partial charge in [0.1, 0.15) is 11.4 Å². The van der Waals surface area contributed by atoms with Crippen LogP contribution in [0.3, 0.4) is 0 Å². The molecule has 5 nitrogen and oxygen atoms in total. The number of nitrogens with zero attached hydrogens (tertiary/aromatic N) is 2. The highest BCUT2D eigenvalue weighted by molar-refractivity contribution is 5.98. The molecule has 16 heavy (non-hydrogen) atoms. The van der Waals surface area contributed by atoms with E-state index in [0.717, 1.165) is 6.42 Å². The van der Waals surface area contributed by atoms with Crippen LogP contribution in [-0.4, -0.2) is 21.7 Å². The monoisotopic (exact) mass is 224 g/mol. The molecular formula is C11H20N4O. The second-order valence-corrected chi connectivity index (χ2v) is 4.57. The molecular weight excluding hydrogens is 204 g/mol. The van der Waals surface area contributed by atoms with Gasteiger partial charge in [0, 0.05) is 13.1 Å². The third-order valence-corrected chi connectivity index (χ3v) is 2.43. The molecule has 0 aliphatic rings. The van der Waals surface area contributed by atoms with Crippen LogP contribution in [-0.2, 0) is 7.05 Å². The molecule has 1 aromatic heterocycles. The van der Waals surface area contributed by atoms with E-state index in [-0.39, 0.29) is 11.9 Å². The van der Waals surface area contributed by atoms with Crippen LogP contribution in [0.25, 0.3) is 0 Å². The predicted molar refractivity (Wildman–Crippen MR) is 64.0 cm³/mol. The van der Waals surface area contributed by atoms with E-state index in [1.807, 2.05) is 6.92 Å². The summed E-state index contributed by atoms with van der Waals surface area (Å²) < 4.78 is 1.49. The first-order valence-electron chi connectivity index (χ1n) is 5.50. The van der Waals surface area contributed by atoms with Crippen molar-refractivity contribution in [3.05, 3.63) is 11.8 Å². The van der Waals surface area contributed by atoms with Crippen molar-refractivity contribution in [2.75, 3.05) is 5.73 Å². The molecule has 0 saturated heterocycles. The molecule has 0 bridgehead atoms. The molecule has 3 N–H and O–H groups in total. The van der Waals surface area contributed by atoms with Gasteiger partial charge in [-0.15, -0.1) is 0 Å². The first kappa shape index (κ1) is 12.5. The largest absolute Gasteiger partial charge is 0.383 e. The van der Waals surface area contributed by atoms with Crippen LogP contribution in [0.4, 0.5) is 5.82 Å². The molecule has 1 rings (SSSR count). The zero-order chi connectivity index (χ0) is 12.3. The second kappa shape index (κ2) is 5.01. The minimum Gasteiger partial charge on any atom is -0.383 e. The number of nitrogen functional groups attached to an aromatic ring is 1. The first-order valence-corrected chi connectivity index (χ1v) is 5.50. The Morgan fingerprint density at radius 2 is 2.19 bits per heavy atom. The topological polar surface area (TPSA) is 72.9 Å². The maximum atomic E-state index is 11.8. The average Bonchev–Trinajstić information content (AvgIpc) is 2.45.